The molecule has 0 saturated carbocycles. The second-order valence-corrected chi connectivity index (χ2v) is 3.43. The Morgan fingerprint density at radius 1 is 1.21 bits per heavy atom. The van der Waals surface area contributed by atoms with E-state index in [2.05, 4.69) is 4.29 Å². The maximum Gasteiger partial charge on any atom is 0.324 e. The molecule has 0 aromatic heterocycles. The summed E-state index contributed by atoms with van der Waals surface area (Å²) in [6, 6.07) is 0. The highest BCUT2D eigenvalue weighted by Gasteiger charge is 2.27. The maximum atomic E-state index is 10.6. The van der Waals surface area contributed by atoms with Crippen LogP contribution in [0, 0.1) is 5.41 Å². The Labute approximate surface area is 87.4 Å². The highest BCUT2D eigenvalue weighted by Crippen LogP contribution is 2.22. The number of rotatable bonds is 7. The van der Waals surface area contributed by atoms with Gasteiger partial charge < -0.3 is 19.6 Å². The number of hydrogen-bond donors (Lipinski definition) is 3. The zero-order chi connectivity index (χ0) is 11.0. The molecule has 84 valence electrons. The Hall–Kier alpha value is -0.360. The number of carbonyl (C=O) groups excluding carboxylic acids is 1. The van der Waals surface area contributed by atoms with Crippen LogP contribution >= 0.6 is 11.9 Å². The van der Waals surface area contributed by atoms with Gasteiger partial charge >= 0.3 is 5.97 Å². The van der Waals surface area contributed by atoms with Gasteiger partial charge in [-0.05, 0) is 12.8 Å². The van der Waals surface area contributed by atoms with E-state index >= 15 is 0 Å². The highest BCUT2D eigenvalue weighted by molar-refractivity contribution is 6.13. The van der Waals surface area contributed by atoms with Crippen molar-refractivity contribution in [3.63, 3.8) is 0 Å². The van der Waals surface area contributed by atoms with E-state index in [1.165, 1.54) is 0 Å². The third kappa shape index (κ3) is 4.23. The molecule has 0 radical (unpaired) electrons. The van der Waals surface area contributed by atoms with E-state index in [0.717, 1.165) is 0 Å². The molecule has 5 nitrogen and oxygen atoms in total. The van der Waals surface area contributed by atoms with Crippen LogP contribution < -0.4 is 0 Å². The normalized spacial score (nSPS) is 11.4. The zero-order valence-corrected chi connectivity index (χ0v) is 8.53. The third-order valence-corrected chi connectivity index (χ3v) is 2.35. The fraction of sp³-hybridized carbons (Fsp3) is 0.875. The average molecular weight is 227 g/mol. The summed E-state index contributed by atoms with van der Waals surface area (Å²) in [5.74, 6) is -0.561. The van der Waals surface area contributed by atoms with Crippen LogP contribution in [0.3, 0.4) is 0 Å². The lowest BCUT2D eigenvalue weighted by Crippen LogP contribution is -2.34. The predicted octanol–water partition coefficient (Wildman–Crippen LogP) is -0.183. The lowest BCUT2D eigenvalue weighted by molar-refractivity contribution is -0.134. The summed E-state index contributed by atoms with van der Waals surface area (Å²) in [6.45, 7) is -0.970. The summed E-state index contributed by atoms with van der Waals surface area (Å²) >= 11 is 4.81. The van der Waals surface area contributed by atoms with Crippen molar-refractivity contribution in [2.45, 2.75) is 19.3 Å². The number of aliphatic hydroxyl groups is 3. The van der Waals surface area contributed by atoms with Crippen LogP contribution in [0.5, 0.6) is 0 Å². The van der Waals surface area contributed by atoms with Gasteiger partial charge in [0.25, 0.3) is 0 Å². The van der Waals surface area contributed by atoms with Crippen LogP contribution in [0.2, 0.25) is 0 Å². The van der Waals surface area contributed by atoms with Crippen molar-refractivity contribution in [1.82, 2.24) is 0 Å². The van der Waals surface area contributed by atoms with Gasteiger partial charge in [0, 0.05) is 11.8 Å². The van der Waals surface area contributed by atoms with Crippen molar-refractivity contribution in [1.29, 1.82) is 0 Å². The van der Waals surface area contributed by atoms with Gasteiger partial charge in [-0.15, -0.1) is 0 Å². The molecule has 0 aromatic rings. The number of hydrogen-bond acceptors (Lipinski definition) is 5. The number of halogens is 1. The Balaban J connectivity index is 3.88. The smallest absolute Gasteiger partial charge is 0.324 e. The van der Waals surface area contributed by atoms with Gasteiger partial charge in [0.15, 0.2) is 0 Å². The second-order valence-electron chi connectivity index (χ2n) is 3.28. The van der Waals surface area contributed by atoms with Gasteiger partial charge in [0.1, 0.15) is 11.9 Å². The van der Waals surface area contributed by atoms with Crippen LogP contribution in [0.25, 0.3) is 0 Å². The molecule has 0 fully saturated rings. The molecule has 0 amide bonds. The Bertz CT molecular complexity index is 161. The minimum Gasteiger partial charge on any atom is -0.396 e. The van der Waals surface area contributed by atoms with Gasteiger partial charge in [-0.25, -0.2) is 0 Å². The Morgan fingerprint density at radius 3 is 2.07 bits per heavy atom. The molecule has 6 heteroatoms. The van der Waals surface area contributed by atoms with E-state index < -0.39 is 11.4 Å². The second kappa shape index (κ2) is 7.00. The lowest BCUT2D eigenvalue weighted by atomic mass is 9.85. The van der Waals surface area contributed by atoms with Crippen molar-refractivity contribution >= 4 is 17.8 Å². The molecule has 0 saturated heterocycles. The van der Waals surface area contributed by atoms with Crippen molar-refractivity contribution in [3.8, 4) is 0 Å². The fourth-order valence-electron chi connectivity index (χ4n) is 1.03. The molecule has 0 spiro atoms. The number of aliphatic hydroxyl groups excluding tert-OH is 3. The minimum atomic E-state index is -0.924. The molecule has 0 aliphatic heterocycles. The molecular formula is C8H15ClO5. The van der Waals surface area contributed by atoms with E-state index in [4.69, 9.17) is 27.2 Å². The summed E-state index contributed by atoms with van der Waals surface area (Å²) < 4.78 is 3.91. The van der Waals surface area contributed by atoms with Crippen molar-refractivity contribution in [3.05, 3.63) is 0 Å². The molecule has 0 heterocycles. The van der Waals surface area contributed by atoms with Crippen molar-refractivity contribution in [2.24, 2.45) is 5.41 Å². The van der Waals surface area contributed by atoms with E-state index in [9.17, 15) is 4.79 Å². The SMILES string of the molecule is O=C(CCCC(CO)(CO)CO)OCl. The maximum absolute atomic E-state index is 10.6. The molecule has 0 aromatic carbocycles. The van der Waals surface area contributed by atoms with Gasteiger partial charge in [-0.1, -0.05) is 0 Å². The van der Waals surface area contributed by atoms with Crippen LogP contribution in [0.15, 0.2) is 0 Å². The average Bonchev–Trinajstić information content (AvgIpc) is 2.25. The van der Waals surface area contributed by atoms with Gasteiger partial charge in [-0.3, -0.25) is 4.79 Å². The minimum absolute atomic E-state index is 0.102. The van der Waals surface area contributed by atoms with Crippen LogP contribution in [0.4, 0.5) is 0 Å². The molecule has 0 bridgehead atoms. The van der Waals surface area contributed by atoms with E-state index in [0.29, 0.717) is 12.8 Å². The first-order valence-electron chi connectivity index (χ1n) is 4.28. The van der Waals surface area contributed by atoms with Crippen molar-refractivity contribution < 1.29 is 24.4 Å². The van der Waals surface area contributed by atoms with E-state index in [1.807, 2.05) is 0 Å². The molecule has 0 aliphatic rings. The Kier molecular flexibility index (Phi) is 6.82. The van der Waals surface area contributed by atoms with E-state index in [1.54, 1.807) is 0 Å². The van der Waals surface area contributed by atoms with Crippen LogP contribution in [-0.4, -0.2) is 41.1 Å². The van der Waals surface area contributed by atoms with Gasteiger partial charge in [-0.2, -0.15) is 0 Å². The summed E-state index contributed by atoms with van der Waals surface area (Å²) in [5.41, 5.74) is -0.924. The van der Waals surface area contributed by atoms with E-state index in [-0.39, 0.29) is 26.2 Å². The first-order chi connectivity index (χ1) is 6.64. The molecule has 0 unspecified atom stereocenters. The largest absolute Gasteiger partial charge is 0.396 e. The molecule has 3 N–H and O–H groups in total. The first kappa shape index (κ1) is 13.6. The first-order valence-corrected chi connectivity index (χ1v) is 4.59. The fourth-order valence-corrected chi connectivity index (χ4v) is 1.11. The van der Waals surface area contributed by atoms with Gasteiger partial charge in [0.2, 0.25) is 0 Å². The highest BCUT2D eigenvalue weighted by atomic mass is 35.5. The monoisotopic (exact) mass is 226 g/mol. The lowest BCUT2D eigenvalue weighted by Gasteiger charge is -2.26. The van der Waals surface area contributed by atoms with Gasteiger partial charge in [0.05, 0.1) is 19.8 Å². The third-order valence-electron chi connectivity index (χ3n) is 2.18. The standard InChI is InChI=1S/C8H15ClO5/c9-14-7(13)2-1-3-8(4-10,5-11)6-12/h10-12H,1-6H2. The van der Waals surface area contributed by atoms with Crippen LogP contribution in [-0.2, 0) is 9.08 Å². The quantitative estimate of drug-likeness (QED) is 0.561. The summed E-state index contributed by atoms with van der Waals surface area (Å²) in [6.07, 6.45) is 0.834. The van der Waals surface area contributed by atoms with Crippen molar-refractivity contribution in [2.75, 3.05) is 19.8 Å². The molecule has 0 atom stereocenters. The summed E-state index contributed by atoms with van der Waals surface area (Å²) in [7, 11) is 0. The zero-order valence-electron chi connectivity index (χ0n) is 7.78. The molecule has 0 rings (SSSR count). The van der Waals surface area contributed by atoms with Crippen LogP contribution in [0.1, 0.15) is 19.3 Å². The Morgan fingerprint density at radius 2 is 1.71 bits per heavy atom. The molecular weight excluding hydrogens is 212 g/mol. The topological polar surface area (TPSA) is 87.0 Å². The molecule has 0 aliphatic carbocycles. The number of carbonyl (C=O) groups is 1. The molecule has 14 heavy (non-hydrogen) atoms. The summed E-state index contributed by atoms with van der Waals surface area (Å²) in [4.78, 5) is 10.6. The predicted molar refractivity (Wildman–Crippen MR) is 49.5 cm³/mol. The summed E-state index contributed by atoms with van der Waals surface area (Å²) in [5, 5.41) is 26.8.